The van der Waals surface area contributed by atoms with Crippen molar-refractivity contribution in [3.05, 3.63) is 64.7 Å². The summed E-state index contributed by atoms with van der Waals surface area (Å²) < 4.78 is 28.2. The molecule has 0 aliphatic carbocycles. The van der Waals surface area contributed by atoms with Crippen molar-refractivity contribution in [2.45, 2.75) is 4.90 Å². The maximum atomic E-state index is 12.1. The van der Waals surface area contributed by atoms with E-state index in [4.69, 9.17) is 16.3 Å². The summed E-state index contributed by atoms with van der Waals surface area (Å²) >= 11 is 5.88. The first kappa shape index (κ1) is 15.8. The summed E-state index contributed by atoms with van der Waals surface area (Å²) in [5.74, 6) is -0.394. The number of cyclic esters (lactones) is 1. The molecule has 0 aromatic heterocycles. The molecule has 0 amide bonds. The minimum absolute atomic E-state index is 0.162. The van der Waals surface area contributed by atoms with E-state index < -0.39 is 15.8 Å². The number of sulfone groups is 1. The van der Waals surface area contributed by atoms with Crippen LogP contribution in [0.15, 0.2) is 53.4 Å². The molecule has 0 spiro atoms. The number of hydrogen-bond donors (Lipinski definition) is 0. The van der Waals surface area contributed by atoms with Gasteiger partial charge in [0.05, 0.1) is 10.5 Å². The number of carbonyl (C=O) groups excluding carboxylic acids is 1. The minimum atomic E-state index is -3.25. The lowest BCUT2D eigenvalue weighted by molar-refractivity contribution is -0.133. The van der Waals surface area contributed by atoms with Gasteiger partial charge in [-0.1, -0.05) is 35.9 Å². The van der Waals surface area contributed by atoms with Gasteiger partial charge in [0.1, 0.15) is 6.61 Å². The average molecular weight is 349 g/mol. The number of carbonyl (C=O) groups is 1. The van der Waals surface area contributed by atoms with Gasteiger partial charge in [0.15, 0.2) is 9.84 Å². The molecule has 0 fully saturated rings. The summed E-state index contributed by atoms with van der Waals surface area (Å²) in [7, 11) is -3.25. The van der Waals surface area contributed by atoms with Crippen LogP contribution in [0.3, 0.4) is 0 Å². The van der Waals surface area contributed by atoms with E-state index in [9.17, 15) is 13.2 Å². The van der Waals surface area contributed by atoms with E-state index in [1.807, 2.05) is 0 Å². The number of esters is 1. The van der Waals surface area contributed by atoms with Gasteiger partial charge >= 0.3 is 5.97 Å². The van der Waals surface area contributed by atoms with Crippen LogP contribution in [-0.4, -0.2) is 27.2 Å². The summed E-state index contributed by atoms with van der Waals surface area (Å²) in [6, 6.07) is 13.4. The van der Waals surface area contributed by atoms with Crippen LogP contribution in [0.25, 0.3) is 11.1 Å². The molecule has 1 aliphatic heterocycles. The highest BCUT2D eigenvalue weighted by Gasteiger charge is 2.27. The van der Waals surface area contributed by atoms with Gasteiger partial charge in [-0.25, -0.2) is 13.2 Å². The molecule has 6 heteroatoms. The van der Waals surface area contributed by atoms with Gasteiger partial charge in [-0.2, -0.15) is 0 Å². The maximum absolute atomic E-state index is 12.1. The van der Waals surface area contributed by atoms with Crippen LogP contribution in [0.1, 0.15) is 11.1 Å². The van der Waals surface area contributed by atoms with Gasteiger partial charge in [-0.15, -0.1) is 0 Å². The SMILES string of the molecule is CS(=O)(=O)c1ccc(C2=C(c3ccc(Cl)cc3)C(=O)OC2)cc1. The van der Waals surface area contributed by atoms with Crippen LogP contribution in [0.5, 0.6) is 0 Å². The highest BCUT2D eigenvalue weighted by molar-refractivity contribution is 7.90. The Morgan fingerprint density at radius 3 is 2.09 bits per heavy atom. The molecular weight excluding hydrogens is 336 g/mol. The van der Waals surface area contributed by atoms with Crippen molar-refractivity contribution < 1.29 is 17.9 Å². The standard InChI is InChI=1S/C17H13ClO4S/c1-23(20,21)14-8-4-11(5-9-14)15-10-22-17(19)16(15)12-2-6-13(18)7-3-12/h2-9H,10H2,1H3. The van der Waals surface area contributed by atoms with E-state index in [1.165, 1.54) is 12.1 Å². The first-order valence-corrected chi connectivity index (χ1v) is 9.10. The van der Waals surface area contributed by atoms with Crippen molar-refractivity contribution in [3.8, 4) is 0 Å². The maximum Gasteiger partial charge on any atom is 0.339 e. The smallest absolute Gasteiger partial charge is 0.339 e. The third kappa shape index (κ3) is 3.16. The van der Waals surface area contributed by atoms with Crippen LogP contribution < -0.4 is 0 Å². The molecule has 0 atom stereocenters. The average Bonchev–Trinajstić information content (AvgIpc) is 2.89. The molecule has 0 N–H and O–H groups in total. The molecule has 1 heterocycles. The van der Waals surface area contributed by atoms with Crippen molar-refractivity contribution in [3.63, 3.8) is 0 Å². The summed E-state index contributed by atoms with van der Waals surface area (Å²) in [5.41, 5.74) is 2.69. The Labute approximate surface area is 139 Å². The predicted octanol–water partition coefficient (Wildman–Crippen LogP) is 3.21. The second-order valence-corrected chi connectivity index (χ2v) is 7.69. The second-order valence-electron chi connectivity index (χ2n) is 5.23. The number of ether oxygens (including phenoxy) is 1. The van der Waals surface area contributed by atoms with Crippen molar-refractivity contribution in [1.29, 1.82) is 0 Å². The van der Waals surface area contributed by atoms with Gasteiger partial charge in [-0.3, -0.25) is 0 Å². The first-order chi connectivity index (χ1) is 10.9. The number of benzene rings is 2. The summed E-state index contributed by atoms with van der Waals surface area (Å²) in [6.45, 7) is 0.162. The third-order valence-corrected chi connectivity index (χ3v) is 5.00. The Bertz CT molecular complexity index is 895. The van der Waals surface area contributed by atoms with Crippen molar-refractivity contribution in [2.75, 3.05) is 12.9 Å². The topological polar surface area (TPSA) is 60.4 Å². The Kier molecular flexibility index (Phi) is 4.00. The van der Waals surface area contributed by atoms with Crippen molar-refractivity contribution in [2.24, 2.45) is 0 Å². The Hall–Kier alpha value is -2.11. The molecular formula is C17H13ClO4S. The molecule has 23 heavy (non-hydrogen) atoms. The normalized spacial score (nSPS) is 15.0. The van der Waals surface area contributed by atoms with E-state index in [2.05, 4.69) is 0 Å². The molecule has 3 rings (SSSR count). The van der Waals surface area contributed by atoms with Crippen LogP contribution in [0.4, 0.5) is 0 Å². The molecule has 4 nitrogen and oxygen atoms in total. The zero-order valence-corrected chi connectivity index (χ0v) is 13.8. The van der Waals surface area contributed by atoms with E-state index in [-0.39, 0.29) is 11.5 Å². The van der Waals surface area contributed by atoms with E-state index >= 15 is 0 Å². The van der Waals surface area contributed by atoms with Gasteiger partial charge in [0.25, 0.3) is 0 Å². The fourth-order valence-electron chi connectivity index (χ4n) is 2.44. The quantitative estimate of drug-likeness (QED) is 0.799. The minimum Gasteiger partial charge on any atom is -0.457 e. The van der Waals surface area contributed by atoms with Crippen LogP contribution >= 0.6 is 11.6 Å². The molecule has 0 radical (unpaired) electrons. The third-order valence-electron chi connectivity index (χ3n) is 3.62. The van der Waals surface area contributed by atoms with Crippen molar-refractivity contribution >= 4 is 38.6 Å². The largest absolute Gasteiger partial charge is 0.457 e. The highest BCUT2D eigenvalue weighted by Crippen LogP contribution is 2.33. The monoisotopic (exact) mass is 348 g/mol. The number of rotatable bonds is 3. The molecule has 0 unspecified atom stereocenters. The van der Waals surface area contributed by atoms with Gasteiger partial charge in [-0.05, 0) is 35.4 Å². The predicted molar refractivity (Wildman–Crippen MR) is 88.8 cm³/mol. The Balaban J connectivity index is 2.08. The van der Waals surface area contributed by atoms with E-state index in [0.29, 0.717) is 10.6 Å². The van der Waals surface area contributed by atoms with Gasteiger partial charge in [0, 0.05) is 16.9 Å². The van der Waals surface area contributed by atoms with Gasteiger partial charge < -0.3 is 4.74 Å². The molecule has 2 aromatic carbocycles. The van der Waals surface area contributed by atoms with Gasteiger partial charge in [0.2, 0.25) is 0 Å². The fraction of sp³-hybridized carbons (Fsp3) is 0.118. The van der Waals surface area contributed by atoms with E-state index in [1.54, 1.807) is 36.4 Å². The van der Waals surface area contributed by atoms with Crippen molar-refractivity contribution in [1.82, 2.24) is 0 Å². The Morgan fingerprint density at radius 1 is 0.957 bits per heavy atom. The molecule has 0 saturated heterocycles. The Morgan fingerprint density at radius 2 is 1.52 bits per heavy atom. The molecule has 2 aromatic rings. The number of hydrogen-bond acceptors (Lipinski definition) is 4. The summed E-state index contributed by atoms with van der Waals surface area (Å²) in [4.78, 5) is 12.3. The number of halogens is 1. The highest BCUT2D eigenvalue weighted by atomic mass is 35.5. The zero-order chi connectivity index (χ0) is 16.6. The van der Waals surface area contributed by atoms with E-state index in [0.717, 1.165) is 23.0 Å². The zero-order valence-electron chi connectivity index (χ0n) is 12.2. The molecule has 118 valence electrons. The first-order valence-electron chi connectivity index (χ1n) is 6.83. The summed E-state index contributed by atoms with van der Waals surface area (Å²) in [5, 5.41) is 0.583. The van der Waals surface area contributed by atoms with Crippen LogP contribution in [0.2, 0.25) is 5.02 Å². The molecule has 0 bridgehead atoms. The molecule has 0 saturated carbocycles. The fourth-order valence-corrected chi connectivity index (χ4v) is 3.20. The second kappa shape index (κ2) is 5.83. The summed E-state index contributed by atoms with van der Waals surface area (Å²) in [6.07, 6.45) is 1.16. The lowest BCUT2D eigenvalue weighted by Crippen LogP contribution is -1.98. The lowest BCUT2D eigenvalue weighted by Gasteiger charge is -2.06. The van der Waals surface area contributed by atoms with Crippen LogP contribution in [-0.2, 0) is 19.4 Å². The lowest BCUT2D eigenvalue weighted by atomic mass is 9.97. The molecule has 1 aliphatic rings. The van der Waals surface area contributed by atoms with Crippen LogP contribution in [0, 0.1) is 0 Å².